The molecule has 0 radical (unpaired) electrons. The van der Waals surface area contributed by atoms with Crippen molar-refractivity contribution < 1.29 is 14.4 Å². The highest BCUT2D eigenvalue weighted by Crippen LogP contribution is 2.30. The molecule has 0 aromatic carbocycles. The highest BCUT2D eigenvalue weighted by molar-refractivity contribution is 6.05. The molecule has 2 fully saturated rings. The number of likely N-dealkylation sites (tertiary alicyclic amines) is 2. The van der Waals surface area contributed by atoms with Crippen LogP contribution in [0, 0.1) is 13.8 Å². The van der Waals surface area contributed by atoms with E-state index in [1.807, 2.05) is 70.7 Å². The van der Waals surface area contributed by atoms with E-state index in [9.17, 15) is 14.4 Å². The van der Waals surface area contributed by atoms with Crippen LogP contribution in [0.3, 0.4) is 0 Å². The van der Waals surface area contributed by atoms with E-state index < -0.39 is 0 Å². The molecule has 268 valence electrons. The Balaban J connectivity index is 1.94. The third kappa shape index (κ3) is 10.0. The highest BCUT2D eigenvalue weighted by atomic mass is 16.2. The van der Waals surface area contributed by atoms with Gasteiger partial charge in [-0.15, -0.1) is 0 Å². The number of nitrogens with zero attached hydrogens (tertiary/aromatic N) is 2. The van der Waals surface area contributed by atoms with Gasteiger partial charge in [0.25, 0.3) is 11.8 Å². The van der Waals surface area contributed by atoms with E-state index in [0.29, 0.717) is 33.5 Å². The van der Waals surface area contributed by atoms with Gasteiger partial charge in [0.2, 0.25) is 0 Å². The lowest BCUT2D eigenvalue weighted by Gasteiger charge is -2.28. The average Bonchev–Trinajstić information content (AvgIpc) is 3.81. The van der Waals surface area contributed by atoms with E-state index in [-0.39, 0.29) is 29.7 Å². The smallest absolute Gasteiger partial charge is 0.256 e. The first-order valence-electron chi connectivity index (χ1n) is 17.9. The number of aryl methyl sites for hydroxylation is 1. The predicted octanol–water partition coefficient (Wildman–Crippen LogP) is 8.45. The standard InChI is InChI=1S/C43H58N4O3/c1-12-15-19-36(28(4)5)24-34(13-2)31(9)45-42(49)35(14-3)25-38(29(6)7)39(33(11)48)26-40-30(8)41(32(10)44-40)43(50)47-23-18-20-37(47)27-46-21-16-17-22-46/h12-15,19,24-26,31,37,44H,2,4,6,16-18,20-23,27H2,1,3,5,7-11H3,(H,45,49)/b15-12-,34-24+,35-14+,36-19-,38-25+,39-26+/t31-,37-/m1/s1. The zero-order chi connectivity index (χ0) is 37.1. The normalized spacial score (nSPS) is 18.9. The van der Waals surface area contributed by atoms with Crippen LogP contribution in [-0.2, 0) is 9.59 Å². The van der Waals surface area contributed by atoms with E-state index in [2.05, 4.69) is 34.9 Å². The summed E-state index contributed by atoms with van der Waals surface area (Å²) in [6, 6.07) is -0.133. The number of nitrogens with one attached hydrogen (secondary N) is 2. The minimum atomic E-state index is -0.348. The number of rotatable bonds is 15. The lowest BCUT2D eigenvalue weighted by atomic mass is 9.93. The summed E-state index contributed by atoms with van der Waals surface area (Å²) >= 11 is 0. The Bertz CT molecular complexity index is 1680. The second-order valence-electron chi connectivity index (χ2n) is 13.6. The van der Waals surface area contributed by atoms with E-state index >= 15 is 0 Å². The molecule has 0 unspecified atom stereocenters. The van der Waals surface area contributed by atoms with Crippen LogP contribution in [0.25, 0.3) is 6.08 Å². The fraction of sp³-hybridized carbons (Fsp3) is 0.419. The molecule has 2 amide bonds. The number of aromatic amines is 1. The summed E-state index contributed by atoms with van der Waals surface area (Å²) in [6.07, 6.45) is 19.3. The first-order chi connectivity index (χ1) is 23.7. The van der Waals surface area contributed by atoms with Crippen LogP contribution in [-0.4, -0.2) is 70.6 Å². The zero-order valence-corrected chi connectivity index (χ0v) is 31.7. The minimum absolute atomic E-state index is 0.0419. The molecule has 2 aliphatic heterocycles. The van der Waals surface area contributed by atoms with Crippen LogP contribution in [0.4, 0.5) is 0 Å². The largest absolute Gasteiger partial charge is 0.358 e. The summed E-state index contributed by atoms with van der Waals surface area (Å²) in [5.41, 5.74) is 7.59. The number of carbonyl (C=O) groups is 3. The molecule has 0 aliphatic carbocycles. The molecule has 0 spiro atoms. The predicted molar refractivity (Wildman–Crippen MR) is 209 cm³/mol. The number of carbonyl (C=O) groups excluding carboxylic acids is 3. The fourth-order valence-corrected chi connectivity index (χ4v) is 6.74. The molecule has 3 heterocycles. The van der Waals surface area contributed by atoms with Gasteiger partial charge in [0.15, 0.2) is 5.78 Å². The first-order valence-corrected chi connectivity index (χ1v) is 17.9. The number of ketones is 1. The van der Waals surface area contributed by atoms with Gasteiger partial charge in [-0.25, -0.2) is 0 Å². The van der Waals surface area contributed by atoms with Crippen LogP contribution in [0.5, 0.6) is 0 Å². The van der Waals surface area contributed by atoms with E-state index in [1.165, 1.54) is 19.8 Å². The lowest BCUT2D eigenvalue weighted by Crippen LogP contribution is -2.42. The van der Waals surface area contributed by atoms with Crippen LogP contribution < -0.4 is 5.32 Å². The summed E-state index contributed by atoms with van der Waals surface area (Å²) in [4.78, 5) is 48.8. The lowest BCUT2D eigenvalue weighted by molar-refractivity contribution is -0.117. The molecule has 2 atom stereocenters. The maximum Gasteiger partial charge on any atom is 0.256 e. The molecule has 2 aliphatic rings. The molecule has 2 N–H and O–H groups in total. The van der Waals surface area contributed by atoms with Gasteiger partial charge in [-0.3, -0.25) is 14.4 Å². The molecule has 1 aromatic rings. The summed E-state index contributed by atoms with van der Waals surface area (Å²) in [6.45, 7) is 30.9. The number of hydrogen-bond donors (Lipinski definition) is 2. The first kappa shape index (κ1) is 39.9. The number of allylic oxidation sites excluding steroid dienone is 10. The molecule has 7 nitrogen and oxygen atoms in total. The second-order valence-corrected chi connectivity index (χ2v) is 13.6. The molecule has 7 heteroatoms. The summed E-state index contributed by atoms with van der Waals surface area (Å²) < 4.78 is 0. The SMILES string of the molecule is C=C\C(=C/C(=C/C=C\C)C(=C)C)[C@@H](C)NC(=O)C(=C/C)/C=C(C(=C)C)/C(=C/c1[nH]c(C)c(C(=O)N2CCC[C@@H]2CN2CCCC2)c1C)C(C)=O. The van der Waals surface area contributed by atoms with Crippen molar-refractivity contribution in [2.75, 3.05) is 26.2 Å². The Morgan fingerprint density at radius 2 is 1.64 bits per heavy atom. The third-order valence-electron chi connectivity index (χ3n) is 9.65. The van der Waals surface area contributed by atoms with E-state index in [1.54, 1.807) is 31.2 Å². The van der Waals surface area contributed by atoms with Gasteiger partial charge in [-0.05, 0) is 135 Å². The molecule has 0 saturated carbocycles. The van der Waals surface area contributed by atoms with Crippen LogP contribution >= 0.6 is 0 Å². The Hall–Kier alpha value is -4.49. The molecular weight excluding hydrogens is 620 g/mol. The van der Waals surface area contributed by atoms with Crippen LogP contribution in [0.15, 0.2) is 101 Å². The number of amides is 2. The second kappa shape index (κ2) is 18.5. The van der Waals surface area contributed by atoms with Gasteiger partial charge in [0.05, 0.1) is 11.6 Å². The third-order valence-corrected chi connectivity index (χ3v) is 9.65. The Morgan fingerprint density at radius 3 is 2.20 bits per heavy atom. The van der Waals surface area contributed by atoms with Crippen molar-refractivity contribution in [3.8, 4) is 0 Å². The summed E-state index contributed by atoms with van der Waals surface area (Å²) in [7, 11) is 0. The van der Waals surface area contributed by atoms with Gasteiger partial charge >= 0.3 is 0 Å². The highest BCUT2D eigenvalue weighted by Gasteiger charge is 2.33. The topological polar surface area (TPSA) is 85.5 Å². The minimum Gasteiger partial charge on any atom is -0.358 e. The molecule has 1 aromatic heterocycles. The quantitative estimate of drug-likeness (QED) is 0.144. The van der Waals surface area contributed by atoms with Crippen LogP contribution in [0.1, 0.15) is 94.5 Å². The van der Waals surface area contributed by atoms with Gasteiger partial charge < -0.3 is 20.1 Å². The van der Waals surface area contributed by atoms with Crippen molar-refractivity contribution in [1.82, 2.24) is 20.1 Å². The number of H-pyrrole nitrogens is 1. The van der Waals surface area contributed by atoms with Gasteiger partial charge in [-0.2, -0.15) is 0 Å². The van der Waals surface area contributed by atoms with E-state index in [0.717, 1.165) is 67.0 Å². The fourth-order valence-electron chi connectivity index (χ4n) is 6.74. The summed E-state index contributed by atoms with van der Waals surface area (Å²) in [5, 5.41) is 3.08. The van der Waals surface area contributed by atoms with Gasteiger partial charge in [0, 0.05) is 41.7 Å². The maximum absolute atomic E-state index is 14.0. The monoisotopic (exact) mass is 678 g/mol. The van der Waals surface area contributed by atoms with E-state index in [4.69, 9.17) is 0 Å². The molecule has 50 heavy (non-hydrogen) atoms. The van der Waals surface area contributed by atoms with Crippen LogP contribution in [0.2, 0.25) is 0 Å². The van der Waals surface area contributed by atoms with Crippen molar-refractivity contribution in [3.05, 3.63) is 124 Å². The van der Waals surface area contributed by atoms with Crippen molar-refractivity contribution in [1.29, 1.82) is 0 Å². The molecular formula is C43H58N4O3. The Labute approximate surface area is 300 Å². The van der Waals surface area contributed by atoms with Crippen molar-refractivity contribution in [3.63, 3.8) is 0 Å². The molecule has 0 bridgehead atoms. The Kier molecular flexibility index (Phi) is 14.8. The molecule has 3 rings (SSSR count). The number of aromatic nitrogens is 1. The zero-order valence-electron chi connectivity index (χ0n) is 31.7. The molecule has 2 saturated heterocycles. The van der Waals surface area contributed by atoms with Crippen molar-refractivity contribution in [2.45, 2.75) is 93.2 Å². The Morgan fingerprint density at radius 1 is 0.960 bits per heavy atom. The van der Waals surface area contributed by atoms with Crippen molar-refractivity contribution >= 4 is 23.7 Å². The van der Waals surface area contributed by atoms with Gasteiger partial charge in [0.1, 0.15) is 0 Å². The maximum atomic E-state index is 14.0. The number of hydrogen-bond acceptors (Lipinski definition) is 4. The van der Waals surface area contributed by atoms with Crippen molar-refractivity contribution in [2.24, 2.45) is 0 Å². The van der Waals surface area contributed by atoms with Gasteiger partial charge in [-0.1, -0.05) is 61.3 Å². The number of Topliss-reactive ketones (excluding diaryl/α,β-unsaturated/α-hetero) is 1. The average molecular weight is 679 g/mol. The summed E-state index contributed by atoms with van der Waals surface area (Å²) in [5.74, 6) is -0.428.